The molecule has 0 aliphatic heterocycles. The summed E-state index contributed by atoms with van der Waals surface area (Å²) in [6.07, 6.45) is 1.49. The number of rotatable bonds is 3. The van der Waals surface area contributed by atoms with Gasteiger partial charge in [-0.25, -0.2) is 0 Å². The highest BCUT2D eigenvalue weighted by Gasteiger charge is 2.14. The van der Waals surface area contributed by atoms with Crippen LogP contribution in [-0.2, 0) is 0 Å². The van der Waals surface area contributed by atoms with Crippen molar-refractivity contribution in [1.29, 1.82) is 0 Å². The predicted molar refractivity (Wildman–Crippen MR) is 88.5 cm³/mol. The van der Waals surface area contributed by atoms with E-state index in [0.717, 1.165) is 22.0 Å². The van der Waals surface area contributed by atoms with Crippen LogP contribution < -0.4 is 4.74 Å². The van der Waals surface area contributed by atoms with Crippen LogP contribution in [0.1, 0.15) is 24.2 Å². The van der Waals surface area contributed by atoms with Crippen LogP contribution in [0.5, 0.6) is 5.88 Å². The number of benzene rings is 2. The minimum absolute atomic E-state index is 0.0968. The highest BCUT2D eigenvalue weighted by molar-refractivity contribution is 5.96. The number of aryl methyl sites for hydroxylation is 1. The van der Waals surface area contributed by atoms with Crippen LogP contribution in [0.2, 0.25) is 0 Å². The van der Waals surface area contributed by atoms with Gasteiger partial charge < -0.3 is 4.74 Å². The molecule has 0 N–H and O–H groups in total. The maximum Gasteiger partial charge on any atom is 0.240 e. The number of aromatic nitrogens is 4. The molecule has 0 aliphatic rings. The predicted octanol–water partition coefficient (Wildman–Crippen LogP) is 3.73. The van der Waals surface area contributed by atoms with Gasteiger partial charge in [-0.05, 0) is 25.5 Å². The fourth-order valence-electron chi connectivity index (χ4n) is 2.66. The molecule has 0 amide bonds. The zero-order valence-electron chi connectivity index (χ0n) is 13.0. The first kappa shape index (κ1) is 13.7. The van der Waals surface area contributed by atoms with Crippen LogP contribution in [0.3, 0.4) is 0 Å². The lowest BCUT2D eigenvalue weighted by Gasteiger charge is -2.16. The van der Waals surface area contributed by atoms with Crippen molar-refractivity contribution in [2.45, 2.75) is 20.0 Å². The summed E-state index contributed by atoms with van der Waals surface area (Å²) in [5.74, 6) is 0.584. The number of nitrogens with zero attached hydrogens (tertiary/aromatic N) is 4. The van der Waals surface area contributed by atoms with E-state index in [1.807, 2.05) is 31.2 Å². The summed E-state index contributed by atoms with van der Waals surface area (Å²) in [6.45, 7) is 4.10. The third-order valence-electron chi connectivity index (χ3n) is 3.96. The van der Waals surface area contributed by atoms with Crippen LogP contribution in [0.25, 0.3) is 16.4 Å². The van der Waals surface area contributed by atoms with Gasteiger partial charge in [0.2, 0.25) is 5.88 Å². The molecule has 1 unspecified atom stereocenters. The van der Waals surface area contributed by atoms with Gasteiger partial charge in [0.15, 0.2) is 5.65 Å². The molecule has 23 heavy (non-hydrogen) atoms. The number of ether oxygens (including phenoxy) is 1. The summed E-state index contributed by atoms with van der Waals surface area (Å²) in [6, 6.07) is 16.3. The first-order chi connectivity index (χ1) is 11.2. The Hall–Kier alpha value is -2.95. The molecule has 2 aromatic carbocycles. The average Bonchev–Trinajstić information content (AvgIpc) is 3.04. The Morgan fingerprint density at radius 1 is 1.00 bits per heavy atom. The Balaban J connectivity index is 1.79. The highest BCUT2D eigenvalue weighted by atomic mass is 16.5. The van der Waals surface area contributed by atoms with Gasteiger partial charge in [0.05, 0.1) is 0 Å². The normalized spacial score (nSPS) is 12.6. The fraction of sp³-hybridized carbons (Fsp3) is 0.167. The largest absolute Gasteiger partial charge is 0.468 e. The van der Waals surface area contributed by atoms with E-state index in [0.29, 0.717) is 5.88 Å². The highest BCUT2D eigenvalue weighted by Crippen LogP contribution is 2.29. The lowest BCUT2D eigenvalue weighted by Crippen LogP contribution is -2.06. The van der Waals surface area contributed by atoms with Crippen LogP contribution in [-0.4, -0.2) is 19.8 Å². The first-order valence-corrected chi connectivity index (χ1v) is 7.54. The van der Waals surface area contributed by atoms with E-state index in [1.165, 1.54) is 5.56 Å². The molecule has 0 radical (unpaired) electrons. The zero-order chi connectivity index (χ0) is 15.8. The maximum atomic E-state index is 6.14. The van der Waals surface area contributed by atoms with E-state index in [-0.39, 0.29) is 6.10 Å². The van der Waals surface area contributed by atoms with Crippen molar-refractivity contribution < 1.29 is 4.74 Å². The smallest absolute Gasteiger partial charge is 0.240 e. The van der Waals surface area contributed by atoms with Crippen molar-refractivity contribution in [1.82, 2.24) is 19.8 Å². The van der Waals surface area contributed by atoms with Crippen molar-refractivity contribution in [2.75, 3.05) is 0 Å². The molecule has 0 aliphatic carbocycles. The number of fused-ring (bicyclic) bond motifs is 3. The molecule has 0 saturated carbocycles. The Kier molecular flexibility index (Phi) is 3.19. The van der Waals surface area contributed by atoms with Gasteiger partial charge in [0, 0.05) is 10.8 Å². The SMILES string of the molecule is Cc1ccc(C(C)Oc2nn3cnnc3c3ccccc23)cc1. The molecule has 0 spiro atoms. The second kappa shape index (κ2) is 5.35. The second-order valence-corrected chi connectivity index (χ2v) is 5.62. The van der Waals surface area contributed by atoms with E-state index >= 15 is 0 Å². The van der Waals surface area contributed by atoms with Crippen molar-refractivity contribution in [3.63, 3.8) is 0 Å². The van der Waals surface area contributed by atoms with Gasteiger partial charge >= 0.3 is 0 Å². The monoisotopic (exact) mass is 304 g/mol. The standard InChI is InChI=1S/C18H16N4O/c1-12-7-9-14(10-8-12)13(2)23-18-16-6-4-3-5-15(16)17-20-19-11-22(17)21-18/h3-11,13H,1-2H3. The Labute approximate surface area is 133 Å². The van der Waals surface area contributed by atoms with Crippen LogP contribution in [0.15, 0.2) is 54.9 Å². The molecule has 0 bridgehead atoms. The molecule has 2 aromatic heterocycles. The van der Waals surface area contributed by atoms with E-state index < -0.39 is 0 Å². The summed E-state index contributed by atoms with van der Waals surface area (Å²) < 4.78 is 7.80. The molecular weight excluding hydrogens is 288 g/mol. The molecule has 5 heteroatoms. The molecular formula is C18H16N4O. The minimum Gasteiger partial charge on any atom is -0.468 e. The summed E-state index contributed by atoms with van der Waals surface area (Å²) >= 11 is 0. The number of hydrogen-bond donors (Lipinski definition) is 0. The quantitative estimate of drug-likeness (QED) is 0.579. The molecule has 2 heterocycles. The topological polar surface area (TPSA) is 52.3 Å². The molecule has 4 rings (SSSR count). The van der Waals surface area contributed by atoms with Gasteiger partial charge in [-0.3, -0.25) is 0 Å². The van der Waals surface area contributed by atoms with E-state index in [9.17, 15) is 0 Å². The summed E-state index contributed by atoms with van der Waals surface area (Å²) in [4.78, 5) is 0. The number of hydrogen-bond acceptors (Lipinski definition) is 4. The van der Waals surface area contributed by atoms with Crippen molar-refractivity contribution in [2.24, 2.45) is 0 Å². The van der Waals surface area contributed by atoms with Gasteiger partial charge in [0.1, 0.15) is 12.4 Å². The first-order valence-electron chi connectivity index (χ1n) is 7.54. The Morgan fingerprint density at radius 3 is 2.52 bits per heavy atom. The maximum absolute atomic E-state index is 6.14. The molecule has 114 valence electrons. The average molecular weight is 304 g/mol. The van der Waals surface area contributed by atoms with E-state index in [2.05, 4.69) is 46.5 Å². The van der Waals surface area contributed by atoms with Crippen LogP contribution in [0, 0.1) is 6.92 Å². The summed E-state index contributed by atoms with van der Waals surface area (Å²) in [5, 5.41) is 14.5. The third-order valence-corrected chi connectivity index (χ3v) is 3.96. The minimum atomic E-state index is -0.0968. The second-order valence-electron chi connectivity index (χ2n) is 5.62. The zero-order valence-corrected chi connectivity index (χ0v) is 13.0. The molecule has 0 saturated heterocycles. The third kappa shape index (κ3) is 2.40. The molecule has 4 aromatic rings. The molecule has 1 atom stereocenters. The van der Waals surface area contributed by atoms with Crippen molar-refractivity contribution in [3.8, 4) is 5.88 Å². The van der Waals surface area contributed by atoms with Gasteiger partial charge in [-0.15, -0.1) is 15.3 Å². The Bertz CT molecular complexity index is 975. The van der Waals surface area contributed by atoms with Crippen molar-refractivity contribution >= 4 is 16.4 Å². The van der Waals surface area contributed by atoms with Crippen LogP contribution in [0.4, 0.5) is 0 Å². The fourth-order valence-corrected chi connectivity index (χ4v) is 2.66. The van der Waals surface area contributed by atoms with E-state index in [1.54, 1.807) is 10.8 Å². The lowest BCUT2D eigenvalue weighted by molar-refractivity contribution is 0.217. The summed E-state index contributed by atoms with van der Waals surface area (Å²) in [5.41, 5.74) is 3.08. The Morgan fingerprint density at radius 2 is 1.74 bits per heavy atom. The van der Waals surface area contributed by atoms with E-state index in [4.69, 9.17) is 4.74 Å². The van der Waals surface area contributed by atoms with Crippen molar-refractivity contribution in [3.05, 3.63) is 66.0 Å². The summed E-state index contributed by atoms with van der Waals surface area (Å²) in [7, 11) is 0. The van der Waals surface area contributed by atoms with Gasteiger partial charge in [-0.2, -0.15) is 4.52 Å². The lowest BCUT2D eigenvalue weighted by atomic mass is 10.1. The van der Waals surface area contributed by atoms with Gasteiger partial charge in [-0.1, -0.05) is 48.0 Å². The molecule has 5 nitrogen and oxygen atoms in total. The molecule has 0 fully saturated rings. The van der Waals surface area contributed by atoms with Crippen LogP contribution >= 0.6 is 0 Å². The van der Waals surface area contributed by atoms with Gasteiger partial charge in [0.25, 0.3) is 0 Å².